The Bertz CT molecular complexity index is 684. The molecule has 0 radical (unpaired) electrons. The van der Waals surface area contributed by atoms with Crippen molar-refractivity contribution in [1.29, 1.82) is 0 Å². The van der Waals surface area contributed by atoms with Crippen molar-refractivity contribution in [3.63, 3.8) is 0 Å². The van der Waals surface area contributed by atoms with E-state index in [1.165, 1.54) is 0 Å². The van der Waals surface area contributed by atoms with E-state index in [0.29, 0.717) is 28.1 Å². The molecule has 19 heavy (non-hydrogen) atoms. The molecule has 0 fully saturated rings. The summed E-state index contributed by atoms with van der Waals surface area (Å²) >= 11 is 5.81. The third kappa shape index (κ3) is 2.04. The summed E-state index contributed by atoms with van der Waals surface area (Å²) in [5.74, 6) is -0.0547. The van der Waals surface area contributed by atoms with Gasteiger partial charge < -0.3 is 5.11 Å². The highest BCUT2D eigenvalue weighted by molar-refractivity contribution is 6.30. The molecule has 0 unspecified atom stereocenters. The average Bonchev–Trinajstić information content (AvgIpc) is 2.77. The molecule has 0 bridgehead atoms. The zero-order valence-corrected chi connectivity index (χ0v) is 10.8. The number of carbonyl (C=O) groups excluding carboxylic acids is 1. The molecule has 0 aliphatic heterocycles. The lowest BCUT2D eigenvalue weighted by atomic mass is 10.1. The molecular formula is C16H11ClO2. The van der Waals surface area contributed by atoms with Crippen LogP contribution in [-0.2, 0) is 6.42 Å². The number of aliphatic hydroxyl groups excluding tert-OH is 1. The van der Waals surface area contributed by atoms with Crippen LogP contribution in [0.4, 0.5) is 0 Å². The second-order valence-corrected chi connectivity index (χ2v) is 4.93. The highest BCUT2D eigenvalue weighted by Gasteiger charge is 2.27. The molecule has 94 valence electrons. The lowest BCUT2D eigenvalue weighted by Gasteiger charge is -2.04. The van der Waals surface area contributed by atoms with E-state index < -0.39 is 0 Å². The van der Waals surface area contributed by atoms with Crippen molar-refractivity contribution in [3.8, 4) is 0 Å². The van der Waals surface area contributed by atoms with Gasteiger partial charge in [-0.15, -0.1) is 0 Å². The molecular weight excluding hydrogens is 260 g/mol. The van der Waals surface area contributed by atoms with Crippen LogP contribution in [0.5, 0.6) is 0 Å². The van der Waals surface area contributed by atoms with Crippen LogP contribution in [0.25, 0.3) is 5.76 Å². The quantitative estimate of drug-likeness (QED) is 0.627. The lowest BCUT2D eigenvalue weighted by Crippen LogP contribution is -1.99. The molecule has 0 spiro atoms. The Hall–Kier alpha value is -2.06. The zero-order chi connectivity index (χ0) is 13.4. The molecule has 0 heterocycles. The van der Waals surface area contributed by atoms with E-state index in [2.05, 4.69) is 0 Å². The van der Waals surface area contributed by atoms with Gasteiger partial charge in [-0.05, 0) is 29.8 Å². The smallest absolute Gasteiger partial charge is 0.193 e. The lowest BCUT2D eigenvalue weighted by molar-refractivity contribution is 0.103. The number of halogens is 1. The van der Waals surface area contributed by atoms with Gasteiger partial charge in [0.15, 0.2) is 5.78 Å². The summed E-state index contributed by atoms with van der Waals surface area (Å²) in [4.78, 5) is 12.2. The number of hydrogen-bond acceptors (Lipinski definition) is 2. The number of ketones is 1. The first-order valence-corrected chi connectivity index (χ1v) is 6.35. The van der Waals surface area contributed by atoms with E-state index in [0.717, 1.165) is 5.56 Å². The topological polar surface area (TPSA) is 37.3 Å². The minimum absolute atomic E-state index is 0.0397. The predicted octanol–water partition coefficient (Wildman–Crippen LogP) is 4.05. The molecule has 1 aliphatic rings. The fraction of sp³-hybridized carbons (Fsp3) is 0.0625. The number of carbonyl (C=O) groups is 1. The van der Waals surface area contributed by atoms with Crippen LogP contribution in [0, 0.1) is 0 Å². The molecule has 2 aromatic rings. The van der Waals surface area contributed by atoms with E-state index in [4.69, 9.17) is 11.6 Å². The summed E-state index contributed by atoms with van der Waals surface area (Å²) in [6, 6.07) is 14.2. The molecule has 1 aliphatic carbocycles. The van der Waals surface area contributed by atoms with Gasteiger partial charge >= 0.3 is 0 Å². The molecule has 0 saturated carbocycles. The number of Topliss-reactive ketones (excluding diaryl/α,β-unsaturated/α-hetero) is 1. The van der Waals surface area contributed by atoms with Crippen molar-refractivity contribution in [3.05, 3.63) is 75.8 Å². The maximum Gasteiger partial charge on any atom is 0.193 e. The molecule has 2 aromatic carbocycles. The van der Waals surface area contributed by atoms with E-state index in [1.54, 1.807) is 30.3 Å². The van der Waals surface area contributed by atoms with Gasteiger partial charge in [-0.25, -0.2) is 0 Å². The molecule has 0 amide bonds. The standard InChI is InChI=1S/C16H11ClO2/c17-12-7-5-10(6-8-12)15(18)14-9-11-3-1-2-4-13(11)16(14)19/h1-8,18H,9H2/b15-14+. The Balaban J connectivity index is 2.06. The summed E-state index contributed by atoms with van der Waals surface area (Å²) in [5.41, 5.74) is 2.70. The van der Waals surface area contributed by atoms with Crippen LogP contribution in [0.3, 0.4) is 0 Å². The number of hydrogen-bond donors (Lipinski definition) is 1. The van der Waals surface area contributed by atoms with Gasteiger partial charge in [0.1, 0.15) is 5.76 Å². The third-order valence-corrected chi connectivity index (χ3v) is 3.56. The third-order valence-electron chi connectivity index (χ3n) is 3.31. The van der Waals surface area contributed by atoms with Gasteiger partial charge in [0.05, 0.1) is 0 Å². The fourth-order valence-corrected chi connectivity index (χ4v) is 2.43. The first-order valence-electron chi connectivity index (χ1n) is 5.97. The van der Waals surface area contributed by atoms with Gasteiger partial charge in [0.25, 0.3) is 0 Å². The average molecular weight is 271 g/mol. The van der Waals surface area contributed by atoms with Gasteiger partial charge in [0, 0.05) is 28.1 Å². The summed E-state index contributed by atoms with van der Waals surface area (Å²) in [6.07, 6.45) is 0.476. The van der Waals surface area contributed by atoms with Crippen LogP contribution in [0.1, 0.15) is 21.5 Å². The number of benzene rings is 2. The SMILES string of the molecule is O=C1/C(=C(/O)c2ccc(Cl)cc2)Cc2ccccc21. The molecule has 0 saturated heterocycles. The fourth-order valence-electron chi connectivity index (χ4n) is 2.30. The van der Waals surface area contributed by atoms with Crippen LogP contribution in [-0.4, -0.2) is 10.9 Å². The van der Waals surface area contributed by atoms with Gasteiger partial charge in [-0.3, -0.25) is 4.79 Å². The Morgan fingerprint density at radius 2 is 1.74 bits per heavy atom. The molecule has 1 N–H and O–H groups in total. The molecule has 3 heteroatoms. The Kier molecular flexibility index (Phi) is 2.88. The van der Waals surface area contributed by atoms with Crippen molar-refractivity contribution < 1.29 is 9.90 Å². The Morgan fingerprint density at radius 1 is 1.05 bits per heavy atom. The molecule has 0 aromatic heterocycles. The van der Waals surface area contributed by atoms with Crippen LogP contribution < -0.4 is 0 Å². The van der Waals surface area contributed by atoms with Crippen molar-refractivity contribution in [1.82, 2.24) is 0 Å². The monoisotopic (exact) mass is 270 g/mol. The van der Waals surface area contributed by atoms with Crippen LogP contribution in [0.15, 0.2) is 54.1 Å². The van der Waals surface area contributed by atoms with Gasteiger partial charge in [-0.1, -0.05) is 35.9 Å². The summed E-state index contributed by atoms with van der Waals surface area (Å²) in [6.45, 7) is 0. The minimum atomic E-state index is -0.0944. The summed E-state index contributed by atoms with van der Waals surface area (Å²) < 4.78 is 0. The number of allylic oxidation sites excluding steroid dienone is 1. The van der Waals surface area contributed by atoms with Crippen molar-refractivity contribution >= 4 is 23.1 Å². The predicted molar refractivity (Wildman–Crippen MR) is 75.5 cm³/mol. The van der Waals surface area contributed by atoms with E-state index >= 15 is 0 Å². The summed E-state index contributed by atoms with van der Waals surface area (Å²) in [5, 5.41) is 10.9. The van der Waals surface area contributed by atoms with Crippen molar-refractivity contribution in [2.24, 2.45) is 0 Å². The van der Waals surface area contributed by atoms with Gasteiger partial charge in [0.2, 0.25) is 0 Å². The normalized spacial score (nSPS) is 16.4. The second-order valence-electron chi connectivity index (χ2n) is 4.50. The van der Waals surface area contributed by atoms with E-state index in [1.807, 2.05) is 18.2 Å². The van der Waals surface area contributed by atoms with E-state index in [9.17, 15) is 9.90 Å². The van der Waals surface area contributed by atoms with Crippen molar-refractivity contribution in [2.45, 2.75) is 6.42 Å². The second kappa shape index (κ2) is 4.56. The minimum Gasteiger partial charge on any atom is -0.507 e. The van der Waals surface area contributed by atoms with Crippen LogP contribution in [0.2, 0.25) is 5.02 Å². The highest BCUT2D eigenvalue weighted by atomic mass is 35.5. The zero-order valence-electron chi connectivity index (χ0n) is 10.1. The Morgan fingerprint density at radius 3 is 2.42 bits per heavy atom. The highest BCUT2D eigenvalue weighted by Crippen LogP contribution is 2.31. The molecule has 0 atom stereocenters. The first-order chi connectivity index (χ1) is 9.16. The molecule has 2 nitrogen and oxygen atoms in total. The molecule has 3 rings (SSSR count). The Labute approximate surface area is 116 Å². The van der Waals surface area contributed by atoms with E-state index in [-0.39, 0.29) is 11.5 Å². The number of fused-ring (bicyclic) bond motifs is 1. The number of aliphatic hydroxyl groups is 1. The van der Waals surface area contributed by atoms with Gasteiger partial charge in [-0.2, -0.15) is 0 Å². The largest absolute Gasteiger partial charge is 0.507 e. The maximum absolute atomic E-state index is 12.2. The number of rotatable bonds is 1. The first kappa shape index (κ1) is 12.0. The van der Waals surface area contributed by atoms with Crippen molar-refractivity contribution in [2.75, 3.05) is 0 Å². The maximum atomic E-state index is 12.2. The van der Waals surface area contributed by atoms with Crippen LogP contribution >= 0.6 is 11.6 Å². The summed E-state index contributed by atoms with van der Waals surface area (Å²) in [7, 11) is 0.